The van der Waals surface area contributed by atoms with Gasteiger partial charge in [0.05, 0.1) is 6.26 Å². The average Bonchev–Trinajstić information content (AvgIpc) is 1.95. The standard InChI is InChI=1S/C7H5F3O3S/c1-14(11,12)13-7-5(9)2-4(8)3-6(7)10/h2-3H,1H3. The van der Waals surface area contributed by atoms with Crippen LogP contribution in [0.4, 0.5) is 13.2 Å². The Bertz CT molecular complexity index is 432. The van der Waals surface area contributed by atoms with Crippen LogP contribution in [-0.4, -0.2) is 14.7 Å². The van der Waals surface area contributed by atoms with Crippen LogP contribution in [0.5, 0.6) is 5.75 Å². The lowest BCUT2D eigenvalue weighted by atomic mass is 10.3. The smallest absolute Gasteiger partial charge is 0.306 e. The van der Waals surface area contributed by atoms with Crippen LogP contribution < -0.4 is 4.18 Å². The van der Waals surface area contributed by atoms with Gasteiger partial charge in [0.2, 0.25) is 5.75 Å². The third-order valence-electron chi connectivity index (χ3n) is 1.20. The first-order valence-electron chi connectivity index (χ1n) is 3.33. The fraction of sp³-hybridized carbons (Fsp3) is 0.143. The maximum atomic E-state index is 12.8. The minimum Gasteiger partial charge on any atom is -0.376 e. The molecule has 0 spiro atoms. The highest BCUT2D eigenvalue weighted by Gasteiger charge is 2.17. The minimum atomic E-state index is -4.04. The molecule has 7 heteroatoms. The molecule has 0 amide bonds. The first-order chi connectivity index (χ1) is 6.29. The predicted molar refractivity (Wildman–Crippen MR) is 41.8 cm³/mol. The molecule has 1 rings (SSSR count). The Labute approximate surface area is 78.2 Å². The van der Waals surface area contributed by atoms with Gasteiger partial charge >= 0.3 is 10.1 Å². The molecule has 0 fully saturated rings. The van der Waals surface area contributed by atoms with Gasteiger partial charge < -0.3 is 4.18 Å². The molecule has 0 heterocycles. The monoisotopic (exact) mass is 226 g/mol. The van der Waals surface area contributed by atoms with E-state index in [0.717, 1.165) is 0 Å². The van der Waals surface area contributed by atoms with Crippen LogP contribution in [0.3, 0.4) is 0 Å². The molecule has 0 unspecified atom stereocenters. The Kier molecular flexibility index (Phi) is 2.70. The van der Waals surface area contributed by atoms with Crippen molar-refractivity contribution in [3.63, 3.8) is 0 Å². The van der Waals surface area contributed by atoms with E-state index in [1.165, 1.54) is 0 Å². The van der Waals surface area contributed by atoms with Crippen molar-refractivity contribution in [1.82, 2.24) is 0 Å². The second-order valence-corrected chi connectivity index (χ2v) is 4.06. The van der Waals surface area contributed by atoms with E-state index in [-0.39, 0.29) is 0 Å². The molecule has 1 aromatic carbocycles. The summed E-state index contributed by atoms with van der Waals surface area (Å²) >= 11 is 0. The summed E-state index contributed by atoms with van der Waals surface area (Å²) in [6.07, 6.45) is 0.620. The first kappa shape index (κ1) is 10.8. The predicted octanol–water partition coefficient (Wildman–Crippen LogP) is 1.44. The Morgan fingerprint density at radius 3 is 1.93 bits per heavy atom. The molecule has 0 N–H and O–H groups in total. The molecule has 0 bridgehead atoms. The normalized spacial score (nSPS) is 11.4. The van der Waals surface area contributed by atoms with E-state index in [9.17, 15) is 21.6 Å². The van der Waals surface area contributed by atoms with Gasteiger partial charge in [-0.1, -0.05) is 0 Å². The summed E-state index contributed by atoms with van der Waals surface area (Å²) in [6.45, 7) is 0. The molecule has 0 aromatic heterocycles. The summed E-state index contributed by atoms with van der Waals surface area (Å²) in [6, 6.07) is 0.646. The number of rotatable bonds is 2. The first-order valence-corrected chi connectivity index (χ1v) is 5.15. The van der Waals surface area contributed by atoms with E-state index in [0.29, 0.717) is 18.4 Å². The maximum absolute atomic E-state index is 12.8. The van der Waals surface area contributed by atoms with Crippen LogP contribution in [0.15, 0.2) is 12.1 Å². The van der Waals surface area contributed by atoms with Crippen LogP contribution in [-0.2, 0) is 10.1 Å². The third-order valence-corrected chi connectivity index (χ3v) is 1.67. The second-order valence-electron chi connectivity index (χ2n) is 2.49. The Hall–Kier alpha value is -1.24. The summed E-state index contributed by atoms with van der Waals surface area (Å²) in [7, 11) is -4.04. The summed E-state index contributed by atoms with van der Waals surface area (Å²) in [5, 5.41) is 0. The third kappa shape index (κ3) is 2.63. The molecule has 0 radical (unpaired) electrons. The summed E-state index contributed by atoms with van der Waals surface area (Å²) in [5.41, 5.74) is 0. The van der Waals surface area contributed by atoms with E-state index >= 15 is 0 Å². The number of benzene rings is 1. The van der Waals surface area contributed by atoms with Crippen molar-refractivity contribution in [1.29, 1.82) is 0 Å². The fourth-order valence-corrected chi connectivity index (χ4v) is 1.22. The van der Waals surface area contributed by atoms with E-state index in [2.05, 4.69) is 4.18 Å². The molecule has 1 aromatic rings. The molecular weight excluding hydrogens is 221 g/mol. The molecule has 78 valence electrons. The fourth-order valence-electron chi connectivity index (χ4n) is 0.760. The number of hydrogen-bond acceptors (Lipinski definition) is 3. The molecule has 3 nitrogen and oxygen atoms in total. The lowest BCUT2D eigenvalue weighted by Gasteiger charge is -2.04. The van der Waals surface area contributed by atoms with Crippen LogP contribution in [0.1, 0.15) is 0 Å². The van der Waals surface area contributed by atoms with Gasteiger partial charge in [0.1, 0.15) is 5.82 Å². The SMILES string of the molecule is CS(=O)(=O)Oc1c(F)cc(F)cc1F. The van der Waals surface area contributed by atoms with Crippen LogP contribution >= 0.6 is 0 Å². The summed E-state index contributed by atoms with van der Waals surface area (Å²) < 4.78 is 63.0. The zero-order chi connectivity index (χ0) is 10.9. The van der Waals surface area contributed by atoms with E-state index in [1.54, 1.807) is 0 Å². The topological polar surface area (TPSA) is 43.4 Å². The van der Waals surface area contributed by atoms with Gasteiger partial charge in [0.15, 0.2) is 11.6 Å². The zero-order valence-corrected chi connectivity index (χ0v) is 7.74. The molecular formula is C7H5F3O3S. The van der Waals surface area contributed by atoms with Gasteiger partial charge in [-0.25, -0.2) is 13.2 Å². The van der Waals surface area contributed by atoms with Gasteiger partial charge in [-0.15, -0.1) is 0 Å². The van der Waals surface area contributed by atoms with E-state index in [4.69, 9.17) is 0 Å². The molecule has 0 atom stereocenters. The van der Waals surface area contributed by atoms with Crippen molar-refractivity contribution in [2.45, 2.75) is 0 Å². The number of hydrogen-bond donors (Lipinski definition) is 0. The lowest BCUT2D eigenvalue weighted by molar-refractivity contribution is 0.431. The van der Waals surface area contributed by atoms with Crippen molar-refractivity contribution < 1.29 is 25.8 Å². The van der Waals surface area contributed by atoms with Crippen LogP contribution in [0, 0.1) is 17.5 Å². The van der Waals surface area contributed by atoms with Gasteiger partial charge in [0.25, 0.3) is 0 Å². The van der Waals surface area contributed by atoms with Crippen LogP contribution in [0.25, 0.3) is 0 Å². The van der Waals surface area contributed by atoms with Crippen molar-refractivity contribution in [2.75, 3.05) is 6.26 Å². The molecule has 0 saturated heterocycles. The molecule has 0 aliphatic carbocycles. The Morgan fingerprint density at radius 1 is 1.14 bits per heavy atom. The highest BCUT2D eigenvalue weighted by Crippen LogP contribution is 2.23. The minimum absolute atomic E-state index is 0.323. The average molecular weight is 226 g/mol. The van der Waals surface area contributed by atoms with E-state index < -0.39 is 33.3 Å². The van der Waals surface area contributed by atoms with Gasteiger partial charge in [-0.05, 0) is 0 Å². The molecule has 0 aliphatic rings. The summed E-state index contributed by atoms with van der Waals surface area (Å²) in [5.74, 6) is -5.10. The Morgan fingerprint density at radius 2 is 1.57 bits per heavy atom. The Balaban J connectivity index is 3.22. The van der Waals surface area contributed by atoms with Crippen molar-refractivity contribution >= 4 is 10.1 Å². The highest BCUT2D eigenvalue weighted by molar-refractivity contribution is 7.86. The molecule has 14 heavy (non-hydrogen) atoms. The summed E-state index contributed by atoms with van der Waals surface area (Å²) in [4.78, 5) is 0. The quantitative estimate of drug-likeness (QED) is 0.717. The molecule has 0 saturated carbocycles. The lowest BCUT2D eigenvalue weighted by Crippen LogP contribution is -2.08. The van der Waals surface area contributed by atoms with E-state index in [1.807, 2.05) is 0 Å². The largest absolute Gasteiger partial charge is 0.376 e. The zero-order valence-electron chi connectivity index (χ0n) is 6.92. The molecule has 0 aliphatic heterocycles. The maximum Gasteiger partial charge on any atom is 0.306 e. The van der Waals surface area contributed by atoms with Crippen molar-refractivity contribution in [2.24, 2.45) is 0 Å². The van der Waals surface area contributed by atoms with Gasteiger partial charge in [-0.2, -0.15) is 8.42 Å². The van der Waals surface area contributed by atoms with Crippen molar-refractivity contribution in [3.05, 3.63) is 29.6 Å². The number of halogens is 3. The van der Waals surface area contributed by atoms with Gasteiger partial charge in [0, 0.05) is 12.1 Å². The van der Waals surface area contributed by atoms with Crippen molar-refractivity contribution in [3.8, 4) is 5.75 Å². The second kappa shape index (κ2) is 3.49. The van der Waals surface area contributed by atoms with Crippen LogP contribution in [0.2, 0.25) is 0 Å². The highest BCUT2D eigenvalue weighted by atomic mass is 32.2. The van der Waals surface area contributed by atoms with Gasteiger partial charge in [-0.3, -0.25) is 0 Å².